The molecule has 1 aromatic rings. The Bertz CT molecular complexity index is 532. The normalized spacial score (nSPS) is 26.9. The highest BCUT2D eigenvalue weighted by molar-refractivity contribution is 5.55. The van der Waals surface area contributed by atoms with Crippen LogP contribution < -0.4 is 4.90 Å². The molecule has 2 fully saturated rings. The molecule has 2 atom stereocenters. The summed E-state index contributed by atoms with van der Waals surface area (Å²) in [5, 5.41) is 9.03. The molecule has 0 bridgehead atoms. The van der Waals surface area contributed by atoms with Crippen LogP contribution in [-0.4, -0.2) is 37.1 Å². The molecule has 20 heavy (non-hydrogen) atoms. The topological polar surface area (TPSA) is 30.3 Å². The molecule has 0 aromatic heterocycles. The van der Waals surface area contributed by atoms with Crippen LogP contribution in [0.15, 0.2) is 18.2 Å². The number of aryl methyl sites for hydroxylation is 2. The maximum Gasteiger partial charge on any atom is 0.0669 e. The molecule has 2 aliphatic rings. The molecule has 106 valence electrons. The van der Waals surface area contributed by atoms with Gasteiger partial charge in [0, 0.05) is 31.4 Å². The van der Waals surface area contributed by atoms with Gasteiger partial charge in [-0.05, 0) is 44.9 Å². The molecule has 0 amide bonds. The Morgan fingerprint density at radius 2 is 2.00 bits per heavy atom. The smallest absolute Gasteiger partial charge is 0.0669 e. The highest BCUT2D eigenvalue weighted by atomic mass is 15.3. The lowest BCUT2D eigenvalue weighted by Crippen LogP contribution is -2.36. The van der Waals surface area contributed by atoms with Crippen LogP contribution in [0.4, 0.5) is 5.69 Å². The Kier molecular flexibility index (Phi) is 3.67. The maximum absolute atomic E-state index is 9.03. The Balaban J connectivity index is 1.66. The molecule has 3 heteroatoms. The zero-order chi connectivity index (χ0) is 14.1. The maximum atomic E-state index is 9.03. The van der Waals surface area contributed by atoms with Crippen LogP contribution in [0.25, 0.3) is 0 Å². The lowest BCUT2D eigenvalue weighted by molar-refractivity contribution is 0.255. The zero-order valence-corrected chi connectivity index (χ0v) is 12.5. The van der Waals surface area contributed by atoms with E-state index in [9.17, 15) is 0 Å². The molecule has 2 saturated heterocycles. The largest absolute Gasteiger partial charge is 0.370 e. The summed E-state index contributed by atoms with van der Waals surface area (Å²) in [5.74, 6) is 0.255. The summed E-state index contributed by atoms with van der Waals surface area (Å²) in [5.41, 5.74) is 4.09. The number of benzene rings is 1. The third-order valence-electron chi connectivity index (χ3n) is 4.78. The van der Waals surface area contributed by atoms with E-state index in [1.165, 1.54) is 23.2 Å². The second kappa shape index (κ2) is 5.46. The minimum Gasteiger partial charge on any atom is -0.370 e. The Morgan fingerprint density at radius 3 is 2.70 bits per heavy atom. The monoisotopic (exact) mass is 269 g/mol. The first kappa shape index (κ1) is 13.5. The third-order valence-corrected chi connectivity index (χ3v) is 4.78. The van der Waals surface area contributed by atoms with Crippen molar-refractivity contribution in [3.63, 3.8) is 0 Å². The first-order chi connectivity index (χ1) is 9.67. The number of hydrogen-bond donors (Lipinski definition) is 0. The second-order valence-electron chi connectivity index (χ2n) is 6.29. The van der Waals surface area contributed by atoms with E-state index in [1.54, 1.807) is 0 Å². The van der Waals surface area contributed by atoms with Crippen molar-refractivity contribution in [3.8, 4) is 6.07 Å². The van der Waals surface area contributed by atoms with Crippen molar-refractivity contribution in [2.75, 3.05) is 31.1 Å². The van der Waals surface area contributed by atoms with Crippen molar-refractivity contribution < 1.29 is 0 Å². The van der Waals surface area contributed by atoms with E-state index in [-0.39, 0.29) is 5.92 Å². The minimum absolute atomic E-state index is 0.255. The standard InChI is InChI=1S/C17H23N3/c1-13-3-4-17(14(2)9-13)20-8-6-16(12-20)19-7-5-15(10-18)11-19/h3-4,9,15-16H,5-8,11-12H2,1-2H3. The van der Waals surface area contributed by atoms with Crippen LogP contribution in [0, 0.1) is 31.1 Å². The van der Waals surface area contributed by atoms with E-state index in [0.717, 1.165) is 32.6 Å². The van der Waals surface area contributed by atoms with Crippen LogP contribution >= 0.6 is 0 Å². The molecule has 0 spiro atoms. The molecular weight excluding hydrogens is 246 g/mol. The molecule has 3 nitrogen and oxygen atoms in total. The van der Waals surface area contributed by atoms with E-state index in [0.29, 0.717) is 6.04 Å². The van der Waals surface area contributed by atoms with E-state index < -0.39 is 0 Å². The molecule has 1 aromatic carbocycles. The molecular formula is C17H23N3. The van der Waals surface area contributed by atoms with Crippen molar-refractivity contribution >= 4 is 5.69 Å². The van der Waals surface area contributed by atoms with Gasteiger partial charge in [0.2, 0.25) is 0 Å². The van der Waals surface area contributed by atoms with Gasteiger partial charge in [0.05, 0.1) is 12.0 Å². The average molecular weight is 269 g/mol. The van der Waals surface area contributed by atoms with Gasteiger partial charge >= 0.3 is 0 Å². The summed E-state index contributed by atoms with van der Waals surface area (Å²) in [4.78, 5) is 5.04. The van der Waals surface area contributed by atoms with Gasteiger partial charge in [0.15, 0.2) is 0 Å². The van der Waals surface area contributed by atoms with Crippen LogP contribution in [0.5, 0.6) is 0 Å². The van der Waals surface area contributed by atoms with E-state index >= 15 is 0 Å². The molecule has 2 aliphatic heterocycles. The first-order valence-electron chi connectivity index (χ1n) is 7.63. The zero-order valence-electron chi connectivity index (χ0n) is 12.5. The van der Waals surface area contributed by atoms with E-state index in [2.05, 4.69) is 47.9 Å². The van der Waals surface area contributed by atoms with Crippen LogP contribution in [0.2, 0.25) is 0 Å². The SMILES string of the molecule is Cc1ccc(N2CCC(N3CCC(C#N)C3)C2)c(C)c1. The summed E-state index contributed by atoms with van der Waals surface area (Å²) in [6, 6.07) is 9.79. The third kappa shape index (κ3) is 2.53. The average Bonchev–Trinajstić information content (AvgIpc) is 3.07. The highest BCUT2D eigenvalue weighted by Crippen LogP contribution is 2.29. The van der Waals surface area contributed by atoms with Crippen molar-refractivity contribution in [2.24, 2.45) is 5.92 Å². The summed E-state index contributed by atoms with van der Waals surface area (Å²) in [7, 11) is 0. The van der Waals surface area contributed by atoms with Gasteiger partial charge in [0.25, 0.3) is 0 Å². The van der Waals surface area contributed by atoms with Crippen LogP contribution in [0.1, 0.15) is 24.0 Å². The molecule has 0 N–H and O–H groups in total. The van der Waals surface area contributed by atoms with Crippen molar-refractivity contribution in [1.29, 1.82) is 5.26 Å². The van der Waals surface area contributed by atoms with Gasteiger partial charge in [0.1, 0.15) is 0 Å². The molecule has 3 rings (SSSR count). The lowest BCUT2D eigenvalue weighted by Gasteiger charge is -2.25. The van der Waals surface area contributed by atoms with Crippen LogP contribution in [0.3, 0.4) is 0 Å². The fourth-order valence-corrected chi connectivity index (χ4v) is 3.64. The summed E-state index contributed by atoms with van der Waals surface area (Å²) >= 11 is 0. The Hall–Kier alpha value is -1.53. The van der Waals surface area contributed by atoms with E-state index in [4.69, 9.17) is 5.26 Å². The summed E-state index contributed by atoms with van der Waals surface area (Å²) in [6.45, 7) is 8.68. The van der Waals surface area contributed by atoms with Crippen LogP contribution in [-0.2, 0) is 0 Å². The van der Waals surface area contributed by atoms with Gasteiger partial charge in [-0.2, -0.15) is 5.26 Å². The van der Waals surface area contributed by atoms with Gasteiger partial charge < -0.3 is 4.90 Å². The Labute approximate surface area is 121 Å². The first-order valence-corrected chi connectivity index (χ1v) is 7.63. The van der Waals surface area contributed by atoms with Gasteiger partial charge in [-0.25, -0.2) is 0 Å². The Morgan fingerprint density at radius 1 is 1.15 bits per heavy atom. The quantitative estimate of drug-likeness (QED) is 0.827. The van der Waals surface area contributed by atoms with Crippen molar-refractivity contribution in [2.45, 2.75) is 32.7 Å². The predicted octanol–water partition coefficient (Wildman–Crippen LogP) is 2.73. The molecule has 0 radical (unpaired) electrons. The van der Waals surface area contributed by atoms with Crippen molar-refractivity contribution in [1.82, 2.24) is 4.90 Å². The second-order valence-corrected chi connectivity index (χ2v) is 6.29. The van der Waals surface area contributed by atoms with Gasteiger partial charge in [-0.15, -0.1) is 0 Å². The number of rotatable bonds is 2. The molecule has 2 heterocycles. The fraction of sp³-hybridized carbons (Fsp3) is 0.588. The van der Waals surface area contributed by atoms with Gasteiger partial charge in [-0.1, -0.05) is 17.7 Å². The lowest BCUT2D eigenvalue weighted by atomic mass is 10.1. The fourth-order valence-electron chi connectivity index (χ4n) is 3.64. The highest BCUT2D eigenvalue weighted by Gasteiger charge is 2.33. The van der Waals surface area contributed by atoms with Gasteiger partial charge in [-0.3, -0.25) is 4.90 Å². The number of nitriles is 1. The summed E-state index contributed by atoms with van der Waals surface area (Å²) < 4.78 is 0. The molecule has 2 unspecified atom stereocenters. The van der Waals surface area contributed by atoms with Crippen molar-refractivity contribution in [3.05, 3.63) is 29.3 Å². The molecule has 0 saturated carbocycles. The number of anilines is 1. The number of hydrogen-bond acceptors (Lipinski definition) is 3. The minimum atomic E-state index is 0.255. The molecule has 0 aliphatic carbocycles. The van der Waals surface area contributed by atoms with E-state index in [1.807, 2.05) is 0 Å². The summed E-state index contributed by atoms with van der Waals surface area (Å²) in [6.07, 6.45) is 2.28. The number of likely N-dealkylation sites (tertiary alicyclic amines) is 1. The predicted molar refractivity (Wildman–Crippen MR) is 81.8 cm³/mol. The number of nitrogens with zero attached hydrogens (tertiary/aromatic N) is 3.